The number of anilines is 1. The van der Waals surface area contributed by atoms with Crippen LogP contribution in [0.1, 0.15) is 16.1 Å². The molecule has 1 amide bonds. The molecule has 2 rings (SSSR count). The largest absolute Gasteiger partial charge is 0.497 e. The predicted octanol–water partition coefficient (Wildman–Crippen LogP) is 2.24. The van der Waals surface area contributed by atoms with E-state index in [-0.39, 0.29) is 11.6 Å². The van der Waals surface area contributed by atoms with Gasteiger partial charge in [-0.2, -0.15) is 5.26 Å². The van der Waals surface area contributed by atoms with Crippen LogP contribution in [-0.2, 0) is 0 Å². The summed E-state index contributed by atoms with van der Waals surface area (Å²) < 4.78 is 5.07. The average Bonchev–Trinajstić information content (AvgIpc) is 2.53. The number of hydrogen-bond donors (Lipinski definition) is 0. The number of rotatable bonds is 3. The molecular weight excluding hydrogens is 254 g/mol. The number of carbonyl (C=O) groups is 1. The van der Waals surface area contributed by atoms with Gasteiger partial charge in [0.05, 0.1) is 18.7 Å². The fourth-order valence-corrected chi connectivity index (χ4v) is 1.71. The molecule has 0 saturated carbocycles. The normalized spacial score (nSPS) is 9.65. The second-order valence-corrected chi connectivity index (χ2v) is 4.10. The first kappa shape index (κ1) is 13.6. The van der Waals surface area contributed by atoms with E-state index in [1.165, 1.54) is 17.2 Å². The lowest BCUT2D eigenvalue weighted by Gasteiger charge is -2.17. The Bertz CT molecular complexity index is 660. The summed E-state index contributed by atoms with van der Waals surface area (Å²) in [7, 11) is 3.24. The van der Waals surface area contributed by atoms with Crippen LogP contribution in [0.15, 0.2) is 42.6 Å². The average molecular weight is 267 g/mol. The van der Waals surface area contributed by atoms with Crippen molar-refractivity contribution in [2.45, 2.75) is 0 Å². The van der Waals surface area contributed by atoms with Gasteiger partial charge < -0.3 is 9.64 Å². The van der Waals surface area contributed by atoms with E-state index in [0.717, 1.165) is 11.4 Å². The Morgan fingerprint density at radius 1 is 1.30 bits per heavy atom. The lowest BCUT2D eigenvalue weighted by Crippen LogP contribution is -2.27. The Labute approximate surface area is 117 Å². The number of hydrogen-bond acceptors (Lipinski definition) is 4. The van der Waals surface area contributed by atoms with Gasteiger partial charge in [0.2, 0.25) is 0 Å². The molecule has 0 aliphatic heterocycles. The van der Waals surface area contributed by atoms with E-state index in [1.54, 1.807) is 44.5 Å². The summed E-state index contributed by atoms with van der Waals surface area (Å²) in [6, 6.07) is 12.1. The number of pyridine rings is 1. The molecule has 5 nitrogen and oxygen atoms in total. The molecule has 100 valence electrons. The third-order valence-electron chi connectivity index (χ3n) is 2.87. The van der Waals surface area contributed by atoms with Crippen molar-refractivity contribution in [1.82, 2.24) is 4.98 Å². The minimum atomic E-state index is -0.271. The number of nitrogens with zero attached hydrogens (tertiary/aromatic N) is 3. The molecule has 0 bridgehead atoms. The summed E-state index contributed by atoms with van der Waals surface area (Å²) in [5.74, 6) is 0.450. The molecule has 0 spiro atoms. The zero-order valence-corrected chi connectivity index (χ0v) is 11.2. The zero-order valence-electron chi connectivity index (χ0n) is 11.2. The van der Waals surface area contributed by atoms with E-state index >= 15 is 0 Å². The molecule has 1 aromatic heterocycles. The van der Waals surface area contributed by atoms with Gasteiger partial charge >= 0.3 is 0 Å². The number of amides is 1. The van der Waals surface area contributed by atoms with Crippen molar-refractivity contribution in [3.8, 4) is 11.8 Å². The molecule has 0 fully saturated rings. The first-order valence-electron chi connectivity index (χ1n) is 5.94. The molecule has 0 atom stereocenters. The minimum Gasteiger partial charge on any atom is -0.497 e. The molecule has 2 aromatic rings. The Hall–Kier alpha value is -2.87. The molecule has 0 radical (unpaired) electrons. The molecule has 5 heteroatoms. The van der Waals surface area contributed by atoms with Crippen LogP contribution in [0.25, 0.3) is 0 Å². The van der Waals surface area contributed by atoms with Gasteiger partial charge in [0, 0.05) is 18.9 Å². The van der Waals surface area contributed by atoms with Crippen molar-refractivity contribution in [1.29, 1.82) is 5.26 Å². The third kappa shape index (κ3) is 2.75. The number of nitriles is 1. The lowest BCUT2D eigenvalue weighted by molar-refractivity contribution is 0.0988. The highest BCUT2D eigenvalue weighted by Crippen LogP contribution is 2.19. The number of benzene rings is 1. The van der Waals surface area contributed by atoms with Gasteiger partial charge in [-0.25, -0.2) is 0 Å². The van der Waals surface area contributed by atoms with E-state index in [9.17, 15) is 4.79 Å². The van der Waals surface area contributed by atoms with Gasteiger partial charge in [-0.3, -0.25) is 9.78 Å². The smallest absolute Gasteiger partial charge is 0.276 e. The van der Waals surface area contributed by atoms with Crippen molar-refractivity contribution in [3.05, 3.63) is 53.9 Å². The van der Waals surface area contributed by atoms with Crippen LogP contribution >= 0.6 is 0 Å². The van der Waals surface area contributed by atoms with E-state index < -0.39 is 0 Å². The van der Waals surface area contributed by atoms with E-state index in [1.807, 2.05) is 6.07 Å². The summed E-state index contributed by atoms with van der Waals surface area (Å²) in [6.45, 7) is 0. The van der Waals surface area contributed by atoms with Crippen LogP contribution in [0.5, 0.6) is 5.75 Å². The third-order valence-corrected chi connectivity index (χ3v) is 2.87. The molecule has 0 aliphatic rings. The van der Waals surface area contributed by atoms with Crippen LogP contribution in [0.4, 0.5) is 5.69 Å². The van der Waals surface area contributed by atoms with Gasteiger partial charge in [0.25, 0.3) is 5.91 Å². The Morgan fingerprint density at radius 3 is 2.60 bits per heavy atom. The highest BCUT2D eigenvalue weighted by atomic mass is 16.5. The number of methoxy groups -OCH3 is 1. The molecule has 0 saturated heterocycles. The van der Waals surface area contributed by atoms with Crippen molar-refractivity contribution in [3.63, 3.8) is 0 Å². The highest BCUT2D eigenvalue weighted by molar-refractivity contribution is 6.04. The van der Waals surface area contributed by atoms with Crippen LogP contribution in [0.2, 0.25) is 0 Å². The number of ether oxygens (including phenoxy) is 1. The maximum absolute atomic E-state index is 12.3. The minimum absolute atomic E-state index is 0.238. The molecule has 0 unspecified atom stereocenters. The first-order chi connectivity index (χ1) is 9.65. The monoisotopic (exact) mass is 267 g/mol. The zero-order chi connectivity index (χ0) is 14.5. The molecule has 0 N–H and O–H groups in total. The topological polar surface area (TPSA) is 66.2 Å². The summed E-state index contributed by atoms with van der Waals surface area (Å²) >= 11 is 0. The Morgan fingerprint density at radius 2 is 2.00 bits per heavy atom. The predicted molar refractivity (Wildman–Crippen MR) is 74.7 cm³/mol. The number of aromatic nitrogens is 1. The van der Waals surface area contributed by atoms with Crippen LogP contribution in [0, 0.1) is 11.3 Å². The quantitative estimate of drug-likeness (QED) is 0.855. The van der Waals surface area contributed by atoms with Crippen LogP contribution in [0.3, 0.4) is 0 Å². The Balaban J connectivity index is 2.25. The van der Waals surface area contributed by atoms with Gasteiger partial charge in [0.1, 0.15) is 11.4 Å². The van der Waals surface area contributed by atoms with E-state index in [4.69, 9.17) is 10.00 Å². The second kappa shape index (κ2) is 5.85. The summed E-state index contributed by atoms with van der Waals surface area (Å²) in [5.41, 5.74) is 1.37. The van der Waals surface area contributed by atoms with Crippen LogP contribution in [-0.4, -0.2) is 25.0 Å². The van der Waals surface area contributed by atoms with Gasteiger partial charge in [-0.05, 0) is 36.4 Å². The lowest BCUT2D eigenvalue weighted by atomic mass is 10.2. The Kier molecular flexibility index (Phi) is 3.96. The van der Waals surface area contributed by atoms with Crippen LogP contribution < -0.4 is 9.64 Å². The van der Waals surface area contributed by atoms with E-state index in [0.29, 0.717) is 5.56 Å². The second-order valence-electron chi connectivity index (χ2n) is 4.10. The summed E-state index contributed by atoms with van der Waals surface area (Å²) in [6.07, 6.45) is 1.45. The molecule has 0 aliphatic carbocycles. The molecule has 1 aromatic carbocycles. The molecule has 20 heavy (non-hydrogen) atoms. The van der Waals surface area contributed by atoms with Gasteiger partial charge in [0.15, 0.2) is 0 Å². The van der Waals surface area contributed by atoms with E-state index in [2.05, 4.69) is 4.98 Å². The van der Waals surface area contributed by atoms with Gasteiger partial charge in [-0.15, -0.1) is 0 Å². The van der Waals surface area contributed by atoms with Crippen molar-refractivity contribution in [2.24, 2.45) is 0 Å². The van der Waals surface area contributed by atoms with Gasteiger partial charge in [-0.1, -0.05) is 0 Å². The summed E-state index contributed by atoms with van der Waals surface area (Å²) in [4.78, 5) is 17.8. The molecule has 1 heterocycles. The maximum atomic E-state index is 12.3. The first-order valence-corrected chi connectivity index (χ1v) is 5.94. The fourth-order valence-electron chi connectivity index (χ4n) is 1.71. The fraction of sp³-hybridized carbons (Fsp3) is 0.133. The highest BCUT2D eigenvalue weighted by Gasteiger charge is 2.15. The van der Waals surface area contributed by atoms with Crippen molar-refractivity contribution < 1.29 is 9.53 Å². The SMILES string of the molecule is COc1ccc(N(C)C(=O)c2cc(C#N)ccn2)cc1. The van der Waals surface area contributed by atoms with Crippen molar-refractivity contribution >= 4 is 11.6 Å². The maximum Gasteiger partial charge on any atom is 0.276 e. The molecular formula is C15H13N3O2. The summed E-state index contributed by atoms with van der Waals surface area (Å²) in [5, 5.41) is 8.84. The standard InChI is InChI=1S/C15H13N3O2/c1-18(12-3-5-13(20-2)6-4-12)15(19)14-9-11(10-16)7-8-17-14/h3-9H,1-2H3. The van der Waals surface area contributed by atoms with Crippen molar-refractivity contribution in [2.75, 3.05) is 19.1 Å². The number of carbonyl (C=O) groups excluding carboxylic acids is 1.